The minimum absolute atomic E-state index is 0.162. The Bertz CT molecular complexity index is 1570. The summed E-state index contributed by atoms with van der Waals surface area (Å²) in [5.41, 5.74) is 8.78. The number of furan rings is 1. The highest BCUT2D eigenvalue weighted by atomic mass is 16.5. The molecule has 5 aromatic rings. The molecule has 12 heteroatoms. The van der Waals surface area contributed by atoms with E-state index in [0.29, 0.717) is 71.6 Å². The Hall–Kier alpha value is -4.97. The lowest BCUT2D eigenvalue weighted by Crippen LogP contribution is -2.37. The third kappa shape index (κ3) is 4.65. The van der Waals surface area contributed by atoms with Crippen molar-refractivity contribution in [2.45, 2.75) is 0 Å². The number of carbonyl (C=O) groups is 1. The first kappa shape index (κ1) is 22.5. The van der Waals surface area contributed by atoms with Crippen LogP contribution in [0.15, 0.2) is 65.7 Å². The van der Waals surface area contributed by atoms with Crippen molar-refractivity contribution < 1.29 is 13.9 Å². The number of fused-ring (bicyclic) bond motifs is 1. The summed E-state index contributed by atoms with van der Waals surface area (Å²) in [6, 6.07) is 8.68. The van der Waals surface area contributed by atoms with Crippen molar-refractivity contribution in [2.24, 2.45) is 0 Å². The minimum Gasteiger partial charge on any atom is -0.451 e. The number of morpholine rings is 1. The average molecular weight is 496 g/mol. The van der Waals surface area contributed by atoms with E-state index in [1.807, 2.05) is 6.07 Å². The molecule has 0 unspecified atom stereocenters. The van der Waals surface area contributed by atoms with Gasteiger partial charge in [-0.25, -0.2) is 24.9 Å². The maximum atomic E-state index is 12.6. The van der Waals surface area contributed by atoms with Crippen molar-refractivity contribution in [1.29, 1.82) is 0 Å². The highest BCUT2D eigenvalue weighted by molar-refractivity contribution is 6.02. The van der Waals surface area contributed by atoms with Gasteiger partial charge in [0.15, 0.2) is 17.4 Å². The number of hydrogen-bond donors (Lipinski definition) is 2. The van der Waals surface area contributed by atoms with E-state index in [9.17, 15) is 4.79 Å². The van der Waals surface area contributed by atoms with Crippen molar-refractivity contribution in [2.75, 3.05) is 42.3 Å². The van der Waals surface area contributed by atoms with E-state index >= 15 is 0 Å². The Labute approximate surface area is 210 Å². The normalized spacial score (nSPS) is 13.6. The van der Waals surface area contributed by atoms with Crippen LogP contribution in [0.5, 0.6) is 0 Å². The van der Waals surface area contributed by atoms with Gasteiger partial charge in [0.05, 0.1) is 36.2 Å². The second-order valence-electron chi connectivity index (χ2n) is 8.25. The molecule has 37 heavy (non-hydrogen) atoms. The van der Waals surface area contributed by atoms with Crippen molar-refractivity contribution in [3.63, 3.8) is 0 Å². The molecule has 0 aliphatic carbocycles. The number of aromatic nitrogens is 6. The van der Waals surface area contributed by atoms with E-state index in [2.05, 4.69) is 30.2 Å². The second kappa shape index (κ2) is 9.59. The molecule has 0 atom stereocenters. The van der Waals surface area contributed by atoms with E-state index in [0.717, 1.165) is 0 Å². The number of hydrogen-bond acceptors (Lipinski definition) is 11. The van der Waals surface area contributed by atoms with Gasteiger partial charge in [-0.05, 0) is 30.3 Å². The Balaban J connectivity index is 1.37. The number of anilines is 3. The smallest absolute Gasteiger partial charge is 0.291 e. The fourth-order valence-corrected chi connectivity index (χ4v) is 3.96. The Morgan fingerprint density at radius 2 is 1.78 bits per heavy atom. The molecule has 0 bridgehead atoms. The van der Waals surface area contributed by atoms with Gasteiger partial charge in [0.2, 0.25) is 5.95 Å². The predicted octanol–water partition coefficient (Wildman–Crippen LogP) is 2.81. The number of nitrogens with zero attached hydrogens (tertiary/aromatic N) is 7. The average Bonchev–Trinajstić information content (AvgIpc) is 3.44. The highest BCUT2D eigenvalue weighted by Gasteiger charge is 2.21. The van der Waals surface area contributed by atoms with Gasteiger partial charge in [-0.15, -0.1) is 0 Å². The monoisotopic (exact) mass is 495 g/mol. The van der Waals surface area contributed by atoms with Crippen molar-refractivity contribution in [3.8, 4) is 22.7 Å². The lowest BCUT2D eigenvalue weighted by Gasteiger charge is -2.28. The summed E-state index contributed by atoms with van der Waals surface area (Å²) < 4.78 is 11.4. The van der Waals surface area contributed by atoms with E-state index < -0.39 is 0 Å². The third-order valence-electron chi connectivity index (χ3n) is 5.79. The molecular weight excluding hydrogens is 474 g/mol. The van der Waals surface area contributed by atoms with Gasteiger partial charge < -0.3 is 25.1 Å². The highest BCUT2D eigenvalue weighted by Crippen LogP contribution is 2.30. The molecule has 0 radical (unpaired) electrons. The molecule has 1 amide bonds. The lowest BCUT2D eigenvalue weighted by atomic mass is 10.2. The molecule has 1 fully saturated rings. The Morgan fingerprint density at radius 1 is 0.973 bits per heavy atom. The van der Waals surface area contributed by atoms with Crippen molar-refractivity contribution >= 4 is 34.4 Å². The molecule has 3 N–H and O–H groups in total. The number of carbonyl (C=O) groups excluding carboxylic acids is 1. The van der Waals surface area contributed by atoms with Crippen LogP contribution in [-0.2, 0) is 4.74 Å². The van der Waals surface area contributed by atoms with Gasteiger partial charge >= 0.3 is 0 Å². The molecule has 5 aromatic heterocycles. The largest absolute Gasteiger partial charge is 0.451 e. The zero-order chi connectivity index (χ0) is 25.2. The van der Waals surface area contributed by atoms with Crippen LogP contribution in [0.2, 0.25) is 0 Å². The SMILES string of the molecule is Nc1ncc(-c2nc(N3CCOCC3)c3ncc(-c4ccc(C(=O)Nc5cccnc5)o4)cc3n2)cn1. The van der Waals surface area contributed by atoms with Gasteiger partial charge in [-0.3, -0.25) is 9.78 Å². The molecule has 0 saturated carbocycles. The lowest BCUT2D eigenvalue weighted by molar-refractivity contribution is 0.0997. The standard InChI is InChI=1S/C25H21N9O3/c26-25-29-12-16(13-30-25)22-32-18-10-15(11-28-21(18)23(33-22)34-6-8-36-9-7-34)19-3-4-20(37-19)24(35)31-17-2-1-5-27-14-17/h1-5,10-14H,6-9H2,(H,31,35)(H2,26,29,30). The second-order valence-corrected chi connectivity index (χ2v) is 8.25. The summed E-state index contributed by atoms with van der Waals surface area (Å²) >= 11 is 0. The number of ether oxygens (including phenoxy) is 1. The summed E-state index contributed by atoms with van der Waals surface area (Å²) in [5.74, 6) is 1.58. The van der Waals surface area contributed by atoms with E-state index in [1.165, 1.54) is 0 Å². The first-order valence-corrected chi connectivity index (χ1v) is 11.5. The van der Waals surface area contributed by atoms with Crippen molar-refractivity contribution in [3.05, 3.63) is 67.1 Å². The first-order valence-electron chi connectivity index (χ1n) is 11.5. The van der Waals surface area contributed by atoms with Gasteiger partial charge in [-0.2, -0.15) is 0 Å². The van der Waals surface area contributed by atoms with E-state index in [4.69, 9.17) is 24.9 Å². The topological polar surface area (TPSA) is 158 Å². The molecule has 6 rings (SSSR count). The van der Waals surface area contributed by atoms with Crippen LogP contribution in [0.3, 0.4) is 0 Å². The third-order valence-corrected chi connectivity index (χ3v) is 5.79. The van der Waals surface area contributed by atoms with Gasteiger partial charge in [0.1, 0.15) is 11.3 Å². The zero-order valence-corrected chi connectivity index (χ0v) is 19.5. The maximum Gasteiger partial charge on any atom is 0.291 e. The molecular formula is C25H21N9O3. The molecule has 184 valence electrons. The van der Waals surface area contributed by atoms with Gasteiger partial charge in [0, 0.05) is 43.4 Å². The van der Waals surface area contributed by atoms with Crippen LogP contribution < -0.4 is 16.0 Å². The summed E-state index contributed by atoms with van der Waals surface area (Å²) in [5, 5.41) is 2.76. The molecule has 12 nitrogen and oxygen atoms in total. The van der Waals surface area contributed by atoms with E-state index in [1.54, 1.807) is 55.2 Å². The number of rotatable bonds is 5. The number of nitrogens with two attached hydrogens (primary N) is 1. The van der Waals surface area contributed by atoms with Gasteiger partial charge in [-0.1, -0.05) is 0 Å². The molecule has 1 aliphatic heterocycles. The van der Waals surface area contributed by atoms with Crippen LogP contribution in [0, 0.1) is 0 Å². The van der Waals surface area contributed by atoms with E-state index in [-0.39, 0.29) is 17.6 Å². The number of nitrogen functional groups attached to an aromatic ring is 1. The summed E-state index contributed by atoms with van der Waals surface area (Å²) in [6.45, 7) is 2.56. The quantitative estimate of drug-likeness (QED) is 0.369. The van der Waals surface area contributed by atoms with Crippen LogP contribution in [0.1, 0.15) is 10.6 Å². The van der Waals surface area contributed by atoms with Crippen LogP contribution in [-0.4, -0.2) is 62.1 Å². The molecule has 1 saturated heterocycles. The maximum absolute atomic E-state index is 12.6. The fraction of sp³-hybridized carbons (Fsp3) is 0.160. The summed E-state index contributed by atoms with van der Waals surface area (Å²) in [6.07, 6.45) is 8.05. The Kier molecular flexibility index (Phi) is 5.83. The van der Waals surface area contributed by atoms with Crippen molar-refractivity contribution in [1.82, 2.24) is 29.9 Å². The summed E-state index contributed by atoms with van der Waals surface area (Å²) in [4.78, 5) is 41.1. The zero-order valence-electron chi connectivity index (χ0n) is 19.5. The first-order chi connectivity index (χ1) is 18.1. The number of nitrogens with one attached hydrogen (secondary N) is 1. The number of pyridine rings is 2. The molecule has 1 aliphatic rings. The van der Waals surface area contributed by atoms with Gasteiger partial charge in [0.25, 0.3) is 5.91 Å². The van der Waals surface area contributed by atoms with Crippen LogP contribution >= 0.6 is 0 Å². The summed E-state index contributed by atoms with van der Waals surface area (Å²) in [7, 11) is 0. The molecule has 6 heterocycles. The van der Waals surface area contributed by atoms with Crippen LogP contribution in [0.4, 0.5) is 17.5 Å². The minimum atomic E-state index is -0.379. The fourth-order valence-electron chi connectivity index (χ4n) is 3.96. The molecule has 0 spiro atoms. The Morgan fingerprint density at radius 3 is 2.57 bits per heavy atom. The number of amides is 1. The molecule has 0 aromatic carbocycles. The van der Waals surface area contributed by atoms with Crippen LogP contribution in [0.25, 0.3) is 33.7 Å². The predicted molar refractivity (Wildman–Crippen MR) is 136 cm³/mol.